The zero-order valence-corrected chi connectivity index (χ0v) is 13.0. The monoisotopic (exact) mass is 284 g/mol. The van der Waals surface area contributed by atoms with Gasteiger partial charge in [-0.25, -0.2) is 13.1 Å². The van der Waals surface area contributed by atoms with Gasteiger partial charge >= 0.3 is 0 Å². The maximum absolute atomic E-state index is 12.1. The highest BCUT2D eigenvalue weighted by Gasteiger charge is 2.20. The van der Waals surface area contributed by atoms with Crippen LogP contribution in [0.3, 0.4) is 0 Å². The molecule has 0 saturated heterocycles. The fourth-order valence-corrected chi connectivity index (χ4v) is 2.73. The first-order valence-corrected chi connectivity index (χ1v) is 8.02. The Kier molecular flexibility index (Phi) is 5.52. The summed E-state index contributed by atoms with van der Waals surface area (Å²) in [4.78, 5) is 0.319. The molecule has 2 N–H and O–H groups in total. The second-order valence-corrected chi connectivity index (χ2v) is 7.28. The van der Waals surface area contributed by atoms with Gasteiger partial charge in [-0.2, -0.15) is 0 Å². The molecule has 0 aliphatic rings. The van der Waals surface area contributed by atoms with E-state index >= 15 is 0 Å². The van der Waals surface area contributed by atoms with Crippen LogP contribution >= 0.6 is 0 Å². The molecule has 5 heteroatoms. The number of hydrogen-bond acceptors (Lipinski definition) is 3. The van der Waals surface area contributed by atoms with Crippen molar-refractivity contribution in [2.45, 2.75) is 38.6 Å². The van der Waals surface area contributed by atoms with Crippen LogP contribution in [0.2, 0.25) is 0 Å². The van der Waals surface area contributed by atoms with E-state index in [2.05, 4.69) is 17.0 Å². The topological polar surface area (TPSA) is 58.2 Å². The predicted molar refractivity (Wildman–Crippen MR) is 78.5 cm³/mol. The molecule has 1 aromatic rings. The van der Waals surface area contributed by atoms with Gasteiger partial charge in [0.15, 0.2) is 0 Å². The van der Waals surface area contributed by atoms with E-state index in [4.69, 9.17) is 0 Å². The average Bonchev–Trinajstić information content (AvgIpc) is 2.38. The lowest BCUT2D eigenvalue weighted by Crippen LogP contribution is -2.33. The van der Waals surface area contributed by atoms with Crippen molar-refractivity contribution in [1.29, 1.82) is 0 Å². The molecule has 0 amide bonds. The molecule has 0 bridgehead atoms. The van der Waals surface area contributed by atoms with Gasteiger partial charge in [-0.3, -0.25) is 0 Å². The Morgan fingerprint density at radius 1 is 1.16 bits per heavy atom. The first-order chi connectivity index (χ1) is 8.80. The lowest BCUT2D eigenvalue weighted by molar-refractivity contribution is 0.350. The number of hydrogen-bond donors (Lipinski definition) is 2. The Hall–Kier alpha value is -0.910. The number of benzene rings is 1. The van der Waals surface area contributed by atoms with E-state index in [1.165, 1.54) is 0 Å². The first kappa shape index (κ1) is 16.1. The summed E-state index contributed by atoms with van der Waals surface area (Å²) in [5.74, 6) is 0. The second kappa shape index (κ2) is 6.50. The standard InChI is InChI=1S/C14H24N2O2S/c1-5-14(2,3)11-16-19(17,18)13-8-6-12(7-9-13)10-15-4/h6-9,15-16H,5,10-11H2,1-4H3. The molecule has 0 aliphatic heterocycles. The van der Waals surface area contributed by atoms with Gasteiger partial charge in [0.05, 0.1) is 4.90 Å². The van der Waals surface area contributed by atoms with Gasteiger partial charge in [0.2, 0.25) is 10.0 Å². The summed E-state index contributed by atoms with van der Waals surface area (Å²) in [6.45, 7) is 7.33. The lowest BCUT2D eigenvalue weighted by Gasteiger charge is -2.22. The van der Waals surface area contributed by atoms with E-state index in [0.29, 0.717) is 11.4 Å². The molecular weight excluding hydrogens is 260 g/mol. The van der Waals surface area contributed by atoms with Gasteiger partial charge in [-0.05, 0) is 36.6 Å². The van der Waals surface area contributed by atoms with Crippen molar-refractivity contribution < 1.29 is 8.42 Å². The first-order valence-electron chi connectivity index (χ1n) is 6.54. The Bertz CT molecular complexity index is 493. The molecule has 0 saturated carbocycles. The minimum atomic E-state index is -3.41. The molecule has 0 atom stereocenters. The van der Waals surface area contributed by atoms with Crippen molar-refractivity contribution >= 4 is 10.0 Å². The van der Waals surface area contributed by atoms with E-state index in [1.807, 2.05) is 33.0 Å². The van der Waals surface area contributed by atoms with Crippen LogP contribution < -0.4 is 10.0 Å². The van der Waals surface area contributed by atoms with Gasteiger partial charge < -0.3 is 5.32 Å². The summed E-state index contributed by atoms with van der Waals surface area (Å²) < 4.78 is 26.9. The molecule has 1 rings (SSSR count). The summed E-state index contributed by atoms with van der Waals surface area (Å²) in [5, 5.41) is 3.03. The summed E-state index contributed by atoms with van der Waals surface area (Å²) in [5.41, 5.74) is 1.04. The van der Waals surface area contributed by atoms with Crippen LogP contribution in [0.4, 0.5) is 0 Å². The van der Waals surface area contributed by atoms with Gasteiger partial charge in [0.25, 0.3) is 0 Å². The third-order valence-electron chi connectivity index (χ3n) is 3.31. The van der Waals surface area contributed by atoms with E-state index in [0.717, 1.165) is 18.5 Å². The summed E-state index contributed by atoms with van der Waals surface area (Å²) in [6.07, 6.45) is 0.927. The highest BCUT2D eigenvalue weighted by molar-refractivity contribution is 7.89. The van der Waals surface area contributed by atoms with Gasteiger partial charge in [-0.15, -0.1) is 0 Å². The van der Waals surface area contributed by atoms with Crippen molar-refractivity contribution in [2.24, 2.45) is 5.41 Å². The maximum atomic E-state index is 12.1. The SMILES string of the molecule is CCC(C)(C)CNS(=O)(=O)c1ccc(CNC)cc1. The Morgan fingerprint density at radius 3 is 2.21 bits per heavy atom. The molecule has 0 unspecified atom stereocenters. The minimum Gasteiger partial charge on any atom is -0.316 e. The third-order valence-corrected chi connectivity index (χ3v) is 4.73. The minimum absolute atomic E-state index is 0.0286. The summed E-state index contributed by atoms with van der Waals surface area (Å²) >= 11 is 0. The van der Waals surface area contributed by atoms with E-state index in [-0.39, 0.29) is 5.41 Å². The average molecular weight is 284 g/mol. The van der Waals surface area contributed by atoms with Gasteiger partial charge in [0.1, 0.15) is 0 Å². The Balaban J connectivity index is 2.77. The molecule has 0 aromatic heterocycles. The Morgan fingerprint density at radius 2 is 1.74 bits per heavy atom. The van der Waals surface area contributed by atoms with Gasteiger partial charge in [-0.1, -0.05) is 32.9 Å². The summed E-state index contributed by atoms with van der Waals surface area (Å²) in [7, 11) is -1.55. The van der Waals surface area contributed by atoms with Crippen molar-refractivity contribution in [3.63, 3.8) is 0 Å². The molecule has 0 fully saturated rings. The van der Waals surface area contributed by atoms with E-state index in [1.54, 1.807) is 12.1 Å². The van der Waals surface area contributed by atoms with Crippen LogP contribution in [-0.2, 0) is 16.6 Å². The molecule has 0 heterocycles. The second-order valence-electron chi connectivity index (χ2n) is 5.52. The highest BCUT2D eigenvalue weighted by atomic mass is 32.2. The number of sulfonamides is 1. The fourth-order valence-electron chi connectivity index (χ4n) is 1.49. The molecule has 108 valence electrons. The largest absolute Gasteiger partial charge is 0.316 e. The smallest absolute Gasteiger partial charge is 0.240 e. The van der Waals surface area contributed by atoms with Crippen LogP contribution in [0.5, 0.6) is 0 Å². The zero-order chi connectivity index (χ0) is 14.5. The molecular formula is C14H24N2O2S. The van der Waals surface area contributed by atoms with Crippen molar-refractivity contribution in [2.75, 3.05) is 13.6 Å². The quantitative estimate of drug-likeness (QED) is 0.806. The van der Waals surface area contributed by atoms with Crippen molar-refractivity contribution in [3.8, 4) is 0 Å². The zero-order valence-electron chi connectivity index (χ0n) is 12.2. The van der Waals surface area contributed by atoms with Crippen LogP contribution in [0.15, 0.2) is 29.2 Å². The molecule has 19 heavy (non-hydrogen) atoms. The lowest BCUT2D eigenvalue weighted by atomic mass is 9.91. The maximum Gasteiger partial charge on any atom is 0.240 e. The molecule has 0 aliphatic carbocycles. The number of nitrogens with one attached hydrogen (secondary N) is 2. The van der Waals surface area contributed by atoms with Crippen molar-refractivity contribution in [3.05, 3.63) is 29.8 Å². The van der Waals surface area contributed by atoms with Crippen LogP contribution in [0.1, 0.15) is 32.8 Å². The fraction of sp³-hybridized carbons (Fsp3) is 0.571. The van der Waals surface area contributed by atoms with E-state index in [9.17, 15) is 8.42 Å². The van der Waals surface area contributed by atoms with Crippen LogP contribution in [-0.4, -0.2) is 22.0 Å². The van der Waals surface area contributed by atoms with E-state index < -0.39 is 10.0 Å². The van der Waals surface area contributed by atoms with Crippen LogP contribution in [0.25, 0.3) is 0 Å². The molecule has 0 radical (unpaired) electrons. The highest BCUT2D eigenvalue weighted by Crippen LogP contribution is 2.19. The predicted octanol–water partition coefficient (Wildman–Crippen LogP) is 2.12. The molecule has 1 aromatic carbocycles. The number of rotatable bonds is 7. The normalized spacial score (nSPS) is 12.6. The third kappa shape index (κ3) is 4.93. The molecule has 0 spiro atoms. The van der Waals surface area contributed by atoms with Gasteiger partial charge in [0, 0.05) is 13.1 Å². The van der Waals surface area contributed by atoms with Crippen molar-refractivity contribution in [1.82, 2.24) is 10.0 Å². The summed E-state index contributed by atoms with van der Waals surface area (Å²) in [6, 6.07) is 6.95. The molecule has 4 nitrogen and oxygen atoms in total. The Labute approximate surface area is 116 Å². The van der Waals surface area contributed by atoms with Crippen LogP contribution in [0, 0.1) is 5.41 Å².